The predicted molar refractivity (Wildman–Crippen MR) is 155 cm³/mol. The van der Waals surface area contributed by atoms with Gasteiger partial charge in [-0.15, -0.1) is 0 Å². The molecule has 0 aliphatic carbocycles. The molecule has 1 saturated heterocycles. The third-order valence-corrected chi connectivity index (χ3v) is 7.47. The highest BCUT2D eigenvalue weighted by Gasteiger charge is 2.42. The Morgan fingerprint density at radius 3 is 2.54 bits per heavy atom. The van der Waals surface area contributed by atoms with Crippen molar-refractivity contribution in [3.63, 3.8) is 0 Å². The van der Waals surface area contributed by atoms with Gasteiger partial charge in [-0.05, 0) is 48.7 Å². The second-order valence-electron chi connectivity index (χ2n) is 8.49. The number of thioether (sulfide) groups is 1. The summed E-state index contributed by atoms with van der Waals surface area (Å²) in [4.78, 5) is 28.4. The van der Waals surface area contributed by atoms with E-state index >= 15 is 0 Å². The molecule has 0 N–H and O–H groups in total. The number of hydrogen-bond acceptors (Lipinski definition) is 6. The minimum absolute atomic E-state index is 0.270. The zero-order valence-electron chi connectivity index (χ0n) is 20.5. The summed E-state index contributed by atoms with van der Waals surface area (Å²) in [6.07, 6.45) is 2.44. The fourth-order valence-corrected chi connectivity index (χ4v) is 5.44. The summed E-state index contributed by atoms with van der Waals surface area (Å²) in [6.45, 7) is 4.62. The van der Waals surface area contributed by atoms with Crippen LogP contribution in [-0.4, -0.2) is 27.7 Å². The van der Waals surface area contributed by atoms with Gasteiger partial charge in [0.2, 0.25) is 0 Å². The summed E-state index contributed by atoms with van der Waals surface area (Å²) in [5.41, 5.74) is 3.60. The Kier molecular flexibility index (Phi) is 9.18. The topological polar surface area (TPSA) is 55.8 Å². The Balaban J connectivity index is 1.62. The van der Waals surface area contributed by atoms with Gasteiger partial charge < -0.3 is 9.47 Å². The fourth-order valence-electron chi connectivity index (χ4n) is 3.76. The number of nitrogens with zero attached hydrogens (tertiary/aromatic N) is 1. The molecule has 8 heteroatoms. The molecule has 1 atom stereocenters. The summed E-state index contributed by atoms with van der Waals surface area (Å²) < 4.78 is 12.7. The highest BCUT2D eigenvalue weighted by atomic mass is 79.9. The van der Waals surface area contributed by atoms with E-state index in [1.807, 2.05) is 74.5 Å². The average Bonchev–Trinajstić information content (AvgIpc) is 3.16. The van der Waals surface area contributed by atoms with Gasteiger partial charge in [0, 0.05) is 10.0 Å². The molecule has 0 bridgehead atoms. The molecule has 4 rings (SSSR count). The van der Waals surface area contributed by atoms with Gasteiger partial charge in [0.25, 0.3) is 5.91 Å². The maximum Gasteiger partial charge on any atom is 0.333 e. The number of benzene rings is 3. The molecule has 1 aliphatic heterocycles. The number of hydrogen-bond donors (Lipinski definition) is 0. The Morgan fingerprint density at radius 2 is 1.84 bits per heavy atom. The molecule has 1 fully saturated rings. The molecular weight excluding hydrogens is 570 g/mol. The number of amides is 1. The molecule has 190 valence electrons. The average molecular weight is 597 g/mol. The van der Waals surface area contributed by atoms with E-state index in [1.54, 1.807) is 18.2 Å². The van der Waals surface area contributed by atoms with Crippen molar-refractivity contribution < 1.29 is 19.1 Å². The van der Waals surface area contributed by atoms with E-state index in [2.05, 4.69) is 15.9 Å². The highest BCUT2D eigenvalue weighted by Crippen LogP contribution is 2.40. The van der Waals surface area contributed by atoms with E-state index in [-0.39, 0.29) is 12.5 Å². The number of carbonyl (C=O) groups excluding carboxylic acids is 2. The highest BCUT2D eigenvalue weighted by molar-refractivity contribution is 9.10. The summed E-state index contributed by atoms with van der Waals surface area (Å²) in [5, 5.41) is 0. The van der Waals surface area contributed by atoms with Crippen molar-refractivity contribution in [1.82, 2.24) is 4.90 Å². The molecular formula is C29H26BrNO4S2. The van der Waals surface area contributed by atoms with Crippen LogP contribution in [0.1, 0.15) is 41.6 Å². The maximum absolute atomic E-state index is 13.6. The van der Waals surface area contributed by atoms with Crippen molar-refractivity contribution in [2.45, 2.75) is 32.9 Å². The Hall–Kier alpha value is -2.94. The van der Waals surface area contributed by atoms with E-state index < -0.39 is 12.0 Å². The standard InChI is InChI=1S/C29H26BrNO4S2/c1-3-15-34-28(33)26(21-7-5-4-6-8-21)31-27(32)25(37-29(31)36)17-22-16-23(30)13-14-24(22)35-18-20-11-9-19(2)10-12-20/h4-14,16-17,26H,3,15,18H2,1-2H3/b25-17+. The van der Waals surface area contributed by atoms with Crippen molar-refractivity contribution in [2.24, 2.45) is 0 Å². The molecule has 5 nitrogen and oxygen atoms in total. The summed E-state index contributed by atoms with van der Waals surface area (Å²) in [6, 6.07) is 21.9. The van der Waals surface area contributed by atoms with Gasteiger partial charge in [-0.2, -0.15) is 0 Å². The number of carbonyl (C=O) groups is 2. The maximum atomic E-state index is 13.6. The van der Waals surface area contributed by atoms with Gasteiger partial charge in [0.1, 0.15) is 16.7 Å². The van der Waals surface area contributed by atoms with Gasteiger partial charge in [-0.25, -0.2) is 4.79 Å². The number of ether oxygens (including phenoxy) is 2. The number of halogens is 1. The first-order chi connectivity index (χ1) is 17.9. The monoisotopic (exact) mass is 595 g/mol. The molecule has 37 heavy (non-hydrogen) atoms. The van der Waals surface area contributed by atoms with Crippen LogP contribution >= 0.6 is 39.9 Å². The number of thiocarbonyl (C=S) groups is 1. The van der Waals surface area contributed by atoms with Gasteiger partial charge >= 0.3 is 5.97 Å². The van der Waals surface area contributed by atoms with Gasteiger partial charge in [0.05, 0.1) is 11.5 Å². The van der Waals surface area contributed by atoms with Crippen LogP contribution in [0.2, 0.25) is 0 Å². The molecule has 1 aliphatic rings. The summed E-state index contributed by atoms with van der Waals surface area (Å²) >= 11 is 10.3. The van der Waals surface area contributed by atoms with Crippen molar-refractivity contribution in [3.8, 4) is 5.75 Å². The van der Waals surface area contributed by atoms with Crippen LogP contribution in [0.15, 0.2) is 82.2 Å². The summed E-state index contributed by atoms with van der Waals surface area (Å²) in [5.74, 6) is -0.215. The van der Waals surface area contributed by atoms with Gasteiger partial charge in [-0.3, -0.25) is 9.69 Å². The van der Waals surface area contributed by atoms with E-state index in [9.17, 15) is 9.59 Å². The molecule has 0 radical (unpaired) electrons. The van der Waals surface area contributed by atoms with Crippen LogP contribution in [0.5, 0.6) is 5.75 Å². The van der Waals surface area contributed by atoms with Crippen LogP contribution in [0.3, 0.4) is 0 Å². The van der Waals surface area contributed by atoms with E-state index in [0.717, 1.165) is 27.4 Å². The first kappa shape index (κ1) is 27.1. The van der Waals surface area contributed by atoms with Crippen LogP contribution in [0.25, 0.3) is 6.08 Å². The zero-order chi connectivity index (χ0) is 26.4. The normalized spacial score (nSPS) is 15.2. The number of aryl methyl sites for hydroxylation is 1. The second-order valence-corrected chi connectivity index (χ2v) is 11.1. The lowest BCUT2D eigenvalue weighted by molar-refractivity contribution is -0.151. The van der Waals surface area contributed by atoms with Crippen LogP contribution in [0, 0.1) is 6.92 Å². The molecule has 1 unspecified atom stereocenters. The first-order valence-electron chi connectivity index (χ1n) is 11.8. The lowest BCUT2D eigenvalue weighted by Crippen LogP contribution is -2.38. The van der Waals surface area contributed by atoms with E-state index in [4.69, 9.17) is 21.7 Å². The number of esters is 1. The van der Waals surface area contributed by atoms with Crippen LogP contribution in [0.4, 0.5) is 0 Å². The minimum atomic E-state index is -0.953. The van der Waals surface area contributed by atoms with Crippen LogP contribution < -0.4 is 4.74 Å². The second kappa shape index (κ2) is 12.5. The summed E-state index contributed by atoms with van der Waals surface area (Å²) in [7, 11) is 0. The molecule has 3 aromatic carbocycles. The minimum Gasteiger partial charge on any atom is -0.488 e. The first-order valence-corrected chi connectivity index (χ1v) is 13.9. The molecule has 0 saturated carbocycles. The van der Waals surface area contributed by atoms with Crippen molar-refractivity contribution in [1.29, 1.82) is 0 Å². The molecule has 0 spiro atoms. The fraction of sp³-hybridized carbons (Fsp3) is 0.207. The van der Waals surface area contributed by atoms with Gasteiger partial charge in [-0.1, -0.05) is 107 Å². The molecule has 1 amide bonds. The van der Waals surface area contributed by atoms with Crippen LogP contribution in [-0.2, 0) is 20.9 Å². The third kappa shape index (κ3) is 6.69. The lowest BCUT2D eigenvalue weighted by atomic mass is 10.1. The predicted octanol–water partition coefficient (Wildman–Crippen LogP) is 7.23. The smallest absolute Gasteiger partial charge is 0.333 e. The molecule has 3 aromatic rings. The van der Waals surface area contributed by atoms with Gasteiger partial charge in [0.15, 0.2) is 6.04 Å². The lowest BCUT2D eigenvalue weighted by Gasteiger charge is -2.25. The Labute approximate surface area is 235 Å². The van der Waals surface area contributed by atoms with Crippen molar-refractivity contribution >= 4 is 62.2 Å². The van der Waals surface area contributed by atoms with E-state index in [1.165, 1.54) is 10.5 Å². The molecule has 0 aromatic heterocycles. The largest absolute Gasteiger partial charge is 0.488 e. The zero-order valence-corrected chi connectivity index (χ0v) is 23.7. The number of rotatable bonds is 9. The Morgan fingerprint density at radius 1 is 1.11 bits per heavy atom. The quantitative estimate of drug-likeness (QED) is 0.148. The SMILES string of the molecule is CCCOC(=O)C(c1ccccc1)N1C(=O)/C(=C\c2cc(Br)ccc2OCc2ccc(C)cc2)SC1=S. The molecule has 1 heterocycles. The van der Waals surface area contributed by atoms with Crippen molar-refractivity contribution in [2.75, 3.05) is 6.61 Å². The Bertz CT molecular complexity index is 1330. The van der Waals surface area contributed by atoms with Crippen molar-refractivity contribution in [3.05, 3.63) is 104 Å². The van der Waals surface area contributed by atoms with E-state index in [0.29, 0.717) is 33.6 Å². The third-order valence-electron chi connectivity index (χ3n) is 5.64.